The zero-order valence-corrected chi connectivity index (χ0v) is 11.6. The molecule has 0 aliphatic rings. The van der Waals surface area contributed by atoms with Crippen molar-refractivity contribution in [2.24, 2.45) is 0 Å². The minimum atomic E-state index is 0.476. The highest BCUT2D eigenvalue weighted by Crippen LogP contribution is 2.22. The van der Waals surface area contributed by atoms with Crippen LogP contribution in [0.2, 0.25) is 0 Å². The molecule has 0 bridgehead atoms. The van der Waals surface area contributed by atoms with Gasteiger partial charge in [0.15, 0.2) is 5.82 Å². The van der Waals surface area contributed by atoms with Crippen LogP contribution in [0.25, 0.3) is 5.65 Å². The van der Waals surface area contributed by atoms with E-state index >= 15 is 0 Å². The molecule has 0 aromatic carbocycles. The summed E-state index contributed by atoms with van der Waals surface area (Å²) in [5.41, 5.74) is 2.01. The third-order valence-corrected chi connectivity index (χ3v) is 3.57. The average Bonchev–Trinajstić information content (AvgIpc) is 2.74. The van der Waals surface area contributed by atoms with Gasteiger partial charge >= 0.3 is 0 Å². The van der Waals surface area contributed by atoms with E-state index in [0.717, 1.165) is 29.5 Å². The summed E-state index contributed by atoms with van der Waals surface area (Å²) in [6, 6.07) is 5.99. The highest BCUT2D eigenvalue weighted by molar-refractivity contribution is 7.98. The number of fused-ring (bicyclic) bond motifs is 1. The van der Waals surface area contributed by atoms with Crippen LogP contribution in [-0.4, -0.2) is 35.0 Å². The van der Waals surface area contributed by atoms with Crippen molar-refractivity contribution in [1.29, 1.82) is 0 Å². The first-order chi connectivity index (χ1) is 8.27. The first-order valence-electron chi connectivity index (χ1n) is 5.50. The Kier molecular flexibility index (Phi) is 4.18. The summed E-state index contributed by atoms with van der Waals surface area (Å²) in [7, 11) is 2.06. The highest BCUT2D eigenvalue weighted by Gasteiger charge is 2.14. The molecule has 0 saturated carbocycles. The molecule has 0 unspecified atom stereocenters. The predicted octanol–water partition coefficient (Wildman–Crippen LogP) is 2.87. The number of aromatic nitrogens is 2. The molecule has 2 aromatic rings. The van der Waals surface area contributed by atoms with Gasteiger partial charge in [0.05, 0.1) is 11.6 Å². The van der Waals surface area contributed by atoms with E-state index in [1.165, 1.54) is 0 Å². The molecule has 3 nitrogen and oxygen atoms in total. The van der Waals surface area contributed by atoms with Crippen LogP contribution in [0.5, 0.6) is 0 Å². The summed E-state index contributed by atoms with van der Waals surface area (Å²) in [5.74, 6) is 2.55. The molecule has 0 saturated heterocycles. The Hall–Kier alpha value is -0.870. The summed E-state index contributed by atoms with van der Waals surface area (Å²) in [6.07, 6.45) is 4.12. The molecule has 2 aromatic heterocycles. The molecule has 2 heterocycles. The fraction of sp³-hybridized carbons (Fsp3) is 0.417. The smallest absolute Gasteiger partial charge is 0.152 e. The zero-order chi connectivity index (χ0) is 12.3. The molecule has 0 amide bonds. The lowest BCUT2D eigenvalue weighted by Gasteiger charge is -2.16. The third kappa shape index (κ3) is 2.53. The second kappa shape index (κ2) is 5.65. The Morgan fingerprint density at radius 2 is 2.29 bits per heavy atom. The maximum Gasteiger partial charge on any atom is 0.152 e. The number of hydrogen-bond acceptors (Lipinski definition) is 3. The third-order valence-electron chi connectivity index (χ3n) is 2.73. The van der Waals surface area contributed by atoms with Crippen molar-refractivity contribution in [3.63, 3.8) is 0 Å². The van der Waals surface area contributed by atoms with Gasteiger partial charge in [-0.1, -0.05) is 6.07 Å². The van der Waals surface area contributed by atoms with Gasteiger partial charge in [-0.25, -0.2) is 4.98 Å². The van der Waals surface area contributed by atoms with E-state index in [1.54, 1.807) is 0 Å². The van der Waals surface area contributed by atoms with Crippen LogP contribution >= 0.6 is 23.4 Å². The van der Waals surface area contributed by atoms with Crippen molar-refractivity contribution in [2.75, 3.05) is 30.5 Å². The fourth-order valence-corrected chi connectivity index (χ4v) is 2.50. The van der Waals surface area contributed by atoms with E-state index in [2.05, 4.69) is 27.6 Å². The molecular formula is C12H16ClN3S. The summed E-state index contributed by atoms with van der Waals surface area (Å²) in [5, 5.41) is 0. The molecule has 0 radical (unpaired) electrons. The van der Waals surface area contributed by atoms with Gasteiger partial charge in [0.25, 0.3) is 0 Å². The molecular weight excluding hydrogens is 254 g/mol. The van der Waals surface area contributed by atoms with E-state index in [0.29, 0.717) is 5.88 Å². The molecule has 0 aliphatic carbocycles. The first kappa shape index (κ1) is 12.6. The lowest BCUT2D eigenvalue weighted by atomic mass is 10.4. The fourth-order valence-electron chi connectivity index (χ4n) is 1.80. The van der Waals surface area contributed by atoms with Gasteiger partial charge in [0, 0.05) is 25.5 Å². The Morgan fingerprint density at radius 3 is 3.00 bits per heavy atom. The van der Waals surface area contributed by atoms with Crippen LogP contribution in [0, 0.1) is 0 Å². The van der Waals surface area contributed by atoms with Crippen LogP contribution in [-0.2, 0) is 5.88 Å². The van der Waals surface area contributed by atoms with E-state index in [-0.39, 0.29) is 0 Å². The van der Waals surface area contributed by atoms with Crippen LogP contribution in [0.1, 0.15) is 5.69 Å². The lowest BCUT2D eigenvalue weighted by molar-refractivity contribution is 0.941. The Bertz CT molecular complexity index is 497. The molecule has 2 rings (SSSR count). The molecule has 0 atom stereocenters. The van der Waals surface area contributed by atoms with Crippen molar-refractivity contribution < 1.29 is 0 Å². The number of hydrogen-bond donors (Lipinski definition) is 0. The number of anilines is 1. The molecule has 0 N–H and O–H groups in total. The summed E-state index contributed by atoms with van der Waals surface area (Å²) < 4.78 is 2.05. The van der Waals surface area contributed by atoms with Gasteiger partial charge in [-0.3, -0.25) is 0 Å². The van der Waals surface area contributed by atoms with Crippen molar-refractivity contribution in [3.05, 3.63) is 30.1 Å². The Morgan fingerprint density at radius 1 is 1.47 bits per heavy atom. The number of rotatable bonds is 5. The molecule has 0 fully saturated rings. The summed E-state index contributed by atoms with van der Waals surface area (Å²) in [6.45, 7) is 0.981. The zero-order valence-electron chi connectivity index (χ0n) is 10.1. The number of pyridine rings is 1. The first-order valence-corrected chi connectivity index (χ1v) is 7.42. The molecule has 0 aliphatic heterocycles. The minimum absolute atomic E-state index is 0.476. The quantitative estimate of drug-likeness (QED) is 0.779. The Balaban J connectivity index is 2.38. The topological polar surface area (TPSA) is 20.5 Å². The standard InChI is InChI=1S/C12H16ClN3S/c1-15(7-8-17-2)12-10(9-13)16-6-4-3-5-11(16)14-12/h3-6H,7-9H2,1-2H3. The maximum absolute atomic E-state index is 6.04. The normalized spacial score (nSPS) is 11.0. The number of imidazole rings is 1. The maximum atomic E-state index is 6.04. The second-order valence-corrected chi connectivity index (χ2v) is 5.11. The second-order valence-electron chi connectivity index (χ2n) is 3.86. The average molecular weight is 270 g/mol. The highest BCUT2D eigenvalue weighted by atomic mass is 35.5. The molecule has 5 heteroatoms. The van der Waals surface area contributed by atoms with Gasteiger partial charge in [-0.05, 0) is 18.4 Å². The Labute approximate surface area is 111 Å². The van der Waals surface area contributed by atoms with Crippen molar-refractivity contribution in [3.8, 4) is 0 Å². The summed E-state index contributed by atoms with van der Waals surface area (Å²) >= 11 is 7.87. The SMILES string of the molecule is CSCCN(C)c1nc2ccccn2c1CCl. The number of thioether (sulfide) groups is 1. The van der Waals surface area contributed by atoms with Gasteiger partial charge < -0.3 is 9.30 Å². The van der Waals surface area contributed by atoms with E-state index in [9.17, 15) is 0 Å². The van der Waals surface area contributed by atoms with Crippen molar-refractivity contribution in [2.45, 2.75) is 5.88 Å². The predicted molar refractivity (Wildman–Crippen MR) is 76.4 cm³/mol. The molecule has 17 heavy (non-hydrogen) atoms. The van der Waals surface area contributed by atoms with E-state index < -0.39 is 0 Å². The minimum Gasteiger partial charge on any atom is -0.357 e. The summed E-state index contributed by atoms with van der Waals surface area (Å²) in [4.78, 5) is 6.80. The number of alkyl halides is 1. The van der Waals surface area contributed by atoms with Crippen LogP contribution in [0.3, 0.4) is 0 Å². The van der Waals surface area contributed by atoms with Crippen molar-refractivity contribution >= 4 is 34.8 Å². The molecule has 0 spiro atoms. The lowest BCUT2D eigenvalue weighted by Crippen LogP contribution is -2.21. The largest absolute Gasteiger partial charge is 0.357 e. The van der Waals surface area contributed by atoms with Gasteiger partial charge in [-0.15, -0.1) is 11.6 Å². The monoisotopic (exact) mass is 269 g/mol. The number of halogens is 1. The molecule has 92 valence electrons. The van der Waals surface area contributed by atoms with Crippen LogP contribution < -0.4 is 4.90 Å². The van der Waals surface area contributed by atoms with Crippen LogP contribution in [0.15, 0.2) is 24.4 Å². The number of nitrogens with zero attached hydrogens (tertiary/aromatic N) is 3. The van der Waals surface area contributed by atoms with Gasteiger partial charge in [0.1, 0.15) is 5.65 Å². The van der Waals surface area contributed by atoms with E-state index in [1.807, 2.05) is 36.2 Å². The van der Waals surface area contributed by atoms with Crippen LogP contribution in [0.4, 0.5) is 5.82 Å². The van der Waals surface area contributed by atoms with E-state index in [4.69, 9.17) is 11.6 Å². The van der Waals surface area contributed by atoms with Gasteiger partial charge in [0.2, 0.25) is 0 Å². The van der Waals surface area contributed by atoms with Crippen molar-refractivity contribution in [1.82, 2.24) is 9.38 Å². The van der Waals surface area contributed by atoms with Gasteiger partial charge in [-0.2, -0.15) is 11.8 Å².